The van der Waals surface area contributed by atoms with Gasteiger partial charge in [0, 0.05) is 5.41 Å². The van der Waals surface area contributed by atoms with Crippen molar-refractivity contribution in [1.29, 1.82) is 0 Å². The number of benzene rings is 1. The lowest BCUT2D eigenvalue weighted by Crippen LogP contribution is -2.28. The second kappa shape index (κ2) is 8.25. The van der Waals surface area contributed by atoms with Crippen molar-refractivity contribution in [3.8, 4) is 5.75 Å². The molecule has 0 bridgehead atoms. The summed E-state index contributed by atoms with van der Waals surface area (Å²) in [5, 5.41) is 8.08. The molecule has 0 aliphatic carbocycles. The molecular formula is C16H17Cl3O6. The van der Waals surface area contributed by atoms with Crippen LogP contribution in [0.25, 0.3) is 0 Å². The molecule has 1 rings (SSSR count). The molecule has 0 aromatic heterocycles. The van der Waals surface area contributed by atoms with E-state index in [-0.39, 0.29) is 33.0 Å². The van der Waals surface area contributed by atoms with E-state index >= 15 is 0 Å². The van der Waals surface area contributed by atoms with E-state index in [0.29, 0.717) is 0 Å². The maximum Gasteiger partial charge on any atom is 0.422 e. The van der Waals surface area contributed by atoms with E-state index in [1.807, 2.05) is 27.7 Å². The molecule has 1 aromatic carbocycles. The van der Waals surface area contributed by atoms with Gasteiger partial charge in [0.25, 0.3) is 0 Å². The largest absolute Gasteiger partial charge is 0.473 e. The molecule has 0 atom stereocenters. The summed E-state index contributed by atoms with van der Waals surface area (Å²) in [6.07, 6.45) is 0. The van der Waals surface area contributed by atoms with Crippen LogP contribution in [0.5, 0.6) is 5.75 Å². The number of halogens is 3. The fourth-order valence-electron chi connectivity index (χ4n) is 1.49. The maximum absolute atomic E-state index is 12.4. The molecule has 0 spiro atoms. The molecule has 0 unspecified atom stereocenters. The Kier molecular flexibility index (Phi) is 7.11. The normalized spacial score (nSPS) is 11.4. The molecule has 0 amide bonds. The first kappa shape index (κ1) is 21.5. The lowest BCUT2D eigenvalue weighted by atomic mass is 9.82. The summed E-state index contributed by atoms with van der Waals surface area (Å²) in [4.78, 5) is 34.5. The first-order valence-corrected chi connectivity index (χ1v) is 8.31. The topological polar surface area (TPSA) is 89.9 Å². The molecule has 1 N–H and O–H groups in total. The van der Waals surface area contributed by atoms with Gasteiger partial charge in [-0.1, -0.05) is 62.5 Å². The predicted octanol–water partition coefficient (Wildman–Crippen LogP) is 4.48. The fraction of sp³-hybridized carbons (Fsp3) is 0.438. The Morgan fingerprint density at radius 3 is 2.20 bits per heavy atom. The summed E-state index contributed by atoms with van der Waals surface area (Å²) in [5.74, 6) is -4.73. The quantitative estimate of drug-likeness (QED) is 0.332. The van der Waals surface area contributed by atoms with Gasteiger partial charge < -0.3 is 14.6 Å². The second-order valence-electron chi connectivity index (χ2n) is 6.27. The Labute approximate surface area is 159 Å². The van der Waals surface area contributed by atoms with Gasteiger partial charge in [-0.15, -0.1) is 0 Å². The third-order valence-electron chi connectivity index (χ3n) is 3.84. The van der Waals surface area contributed by atoms with Crippen LogP contribution in [-0.2, 0) is 14.3 Å². The van der Waals surface area contributed by atoms with Crippen molar-refractivity contribution in [2.45, 2.75) is 27.7 Å². The number of aliphatic carboxylic acids is 1. The molecule has 0 heterocycles. The molecule has 0 fully saturated rings. The van der Waals surface area contributed by atoms with Crippen LogP contribution >= 0.6 is 34.8 Å². The molecule has 138 valence electrons. The molecule has 0 saturated heterocycles. The molecule has 1 aromatic rings. The average molecular weight is 412 g/mol. The number of carbonyl (C=O) groups excluding carboxylic acids is 2. The third kappa shape index (κ3) is 5.23. The van der Waals surface area contributed by atoms with Gasteiger partial charge in [-0.3, -0.25) is 0 Å². The summed E-state index contributed by atoms with van der Waals surface area (Å²) in [6.45, 7) is 7.80. The Morgan fingerprint density at radius 1 is 1.16 bits per heavy atom. The SMILES string of the molecule is CC(C)C(C)(C)COC(=O)c1c(Cl)c(Cl)cc(Cl)c1OC(=O)C(=O)O. The Bertz CT molecular complexity index is 712. The van der Waals surface area contributed by atoms with Crippen molar-refractivity contribution in [2.75, 3.05) is 6.61 Å². The molecule has 0 aliphatic heterocycles. The summed E-state index contributed by atoms with van der Waals surface area (Å²) in [6, 6.07) is 1.13. The minimum Gasteiger partial charge on any atom is -0.473 e. The van der Waals surface area contributed by atoms with E-state index in [4.69, 9.17) is 44.6 Å². The number of ether oxygens (including phenoxy) is 2. The number of hydrogen-bond donors (Lipinski definition) is 1. The van der Waals surface area contributed by atoms with Crippen molar-refractivity contribution < 1.29 is 29.0 Å². The first-order valence-electron chi connectivity index (χ1n) is 7.18. The molecule has 0 saturated carbocycles. The molecule has 9 heteroatoms. The average Bonchev–Trinajstić information content (AvgIpc) is 2.50. The zero-order valence-corrected chi connectivity index (χ0v) is 16.3. The number of hydrogen-bond acceptors (Lipinski definition) is 5. The summed E-state index contributed by atoms with van der Waals surface area (Å²) >= 11 is 17.8. The predicted molar refractivity (Wildman–Crippen MR) is 93.6 cm³/mol. The first-order chi connectivity index (χ1) is 11.4. The zero-order valence-electron chi connectivity index (χ0n) is 14.0. The highest BCUT2D eigenvalue weighted by atomic mass is 35.5. The molecule has 0 radical (unpaired) electrons. The van der Waals surface area contributed by atoms with E-state index in [1.54, 1.807) is 0 Å². The van der Waals surface area contributed by atoms with Crippen LogP contribution in [0.3, 0.4) is 0 Å². The Balaban J connectivity index is 3.25. The lowest BCUT2D eigenvalue weighted by molar-refractivity contribution is -0.158. The van der Waals surface area contributed by atoms with Crippen LogP contribution in [0.1, 0.15) is 38.1 Å². The summed E-state index contributed by atoms with van der Waals surface area (Å²) < 4.78 is 9.91. The van der Waals surface area contributed by atoms with E-state index in [9.17, 15) is 14.4 Å². The van der Waals surface area contributed by atoms with Gasteiger partial charge >= 0.3 is 17.9 Å². The van der Waals surface area contributed by atoms with Crippen molar-refractivity contribution in [3.63, 3.8) is 0 Å². The van der Waals surface area contributed by atoms with Crippen LogP contribution in [0.15, 0.2) is 6.07 Å². The zero-order chi connectivity index (χ0) is 19.5. The fourth-order valence-corrected chi connectivity index (χ4v) is 2.21. The number of carbonyl (C=O) groups is 3. The monoisotopic (exact) mass is 410 g/mol. The van der Waals surface area contributed by atoms with Crippen LogP contribution in [0, 0.1) is 11.3 Å². The van der Waals surface area contributed by atoms with E-state index in [0.717, 1.165) is 6.07 Å². The van der Waals surface area contributed by atoms with Crippen molar-refractivity contribution in [1.82, 2.24) is 0 Å². The standard InChI is InChI=1S/C16H17Cl3O6/c1-7(2)16(3,4)6-24-14(22)10-11(19)8(17)5-9(18)12(10)25-15(23)13(20)21/h5,7H,6H2,1-4H3,(H,20,21). The summed E-state index contributed by atoms with van der Waals surface area (Å²) in [7, 11) is 0. The van der Waals surface area contributed by atoms with Crippen LogP contribution in [0.2, 0.25) is 15.1 Å². The van der Waals surface area contributed by atoms with E-state index in [1.165, 1.54) is 0 Å². The lowest BCUT2D eigenvalue weighted by Gasteiger charge is -2.28. The highest BCUT2D eigenvalue weighted by Crippen LogP contribution is 2.40. The van der Waals surface area contributed by atoms with Crippen molar-refractivity contribution >= 4 is 52.7 Å². The Hall–Kier alpha value is -1.50. The molecular weight excluding hydrogens is 395 g/mol. The summed E-state index contributed by atoms with van der Waals surface area (Å²) in [5.41, 5.74) is -0.740. The second-order valence-corrected chi connectivity index (χ2v) is 7.46. The number of carboxylic acids is 1. The van der Waals surface area contributed by atoms with Gasteiger partial charge in [-0.2, -0.15) is 0 Å². The number of esters is 2. The van der Waals surface area contributed by atoms with Crippen LogP contribution in [-0.4, -0.2) is 29.6 Å². The van der Waals surface area contributed by atoms with Crippen molar-refractivity contribution in [2.24, 2.45) is 11.3 Å². The minimum absolute atomic E-state index is 0.0519. The highest BCUT2D eigenvalue weighted by Gasteiger charge is 2.30. The van der Waals surface area contributed by atoms with Gasteiger partial charge in [-0.25, -0.2) is 14.4 Å². The van der Waals surface area contributed by atoms with Gasteiger partial charge in [0.2, 0.25) is 0 Å². The molecule has 6 nitrogen and oxygen atoms in total. The van der Waals surface area contributed by atoms with Crippen LogP contribution < -0.4 is 4.74 Å². The van der Waals surface area contributed by atoms with E-state index in [2.05, 4.69) is 4.74 Å². The Morgan fingerprint density at radius 2 is 1.72 bits per heavy atom. The van der Waals surface area contributed by atoms with Crippen molar-refractivity contribution in [3.05, 3.63) is 26.7 Å². The van der Waals surface area contributed by atoms with Gasteiger partial charge in [0.1, 0.15) is 5.56 Å². The molecule has 0 aliphatic rings. The maximum atomic E-state index is 12.4. The minimum atomic E-state index is -1.86. The van der Waals surface area contributed by atoms with Gasteiger partial charge in [0.15, 0.2) is 5.75 Å². The molecule has 25 heavy (non-hydrogen) atoms. The highest BCUT2D eigenvalue weighted by molar-refractivity contribution is 6.46. The number of carboxylic acid groups (broad SMARTS) is 1. The third-order valence-corrected chi connectivity index (χ3v) is 4.91. The van der Waals surface area contributed by atoms with E-state index < -0.39 is 29.2 Å². The number of rotatable bonds is 5. The smallest absolute Gasteiger partial charge is 0.422 e. The van der Waals surface area contributed by atoms with Gasteiger partial charge in [0.05, 0.1) is 21.7 Å². The van der Waals surface area contributed by atoms with Crippen LogP contribution in [0.4, 0.5) is 0 Å². The van der Waals surface area contributed by atoms with Gasteiger partial charge in [-0.05, 0) is 12.0 Å².